The van der Waals surface area contributed by atoms with E-state index in [4.69, 9.17) is 9.47 Å². The minimum Gasteiger partial charge on any atom is -0.507 e. The number of carbonyl (C=O) groups excluding carboxylic acids is 1. The molecule has 2 atom stereocenters. The highest BCUT2D eigenvalue weighted by molar-refractivity contribution is 6.03. The van der Waals surface area contributed by atoms with Crippen LogP contribution >= 0.6 is 0 Å². The number of fused-ring (bicyclic) bond motifs is 1. The normalized spacial score (nSPS) is 16.7. The summed E-state index contributed by atoms with van der Waals surface area (Å²) in [5.74, 6) is -0.434. The van der Waals surface area contributed by atoms with E-state index in [9.17, 15) is 25.2 Å². The second kappa shape index (κ2) is 10.0. The van der Waals surface area contributed by atoms with E-state index in [1.54, 1.807) is 19.1 Å². The number of hydrogen-bond acceptors (Lipinski definition) is 7. The maximum atomic E-state index is 12.9. The standard InChI is InChI=1S/C26H30O7/c1-14(2)18(27)9-6-15(3)5-8-17-20(29)12-24-25(26(17)31)21(30)13-22(33-24)16-7-10-19(28)23(11-16)32-4/h5,7,10-12,18,22,27-29,31H,1,6,8-9,13H2,2-4H3/b15-5+/t18-,22+/m1/s1. The van der Waals surface area contributed by atoms with Gasteiger partial charge in [-0.3, -0.25) is 4.79 Å². The number of aromatic hydroxyl groups is 3. The summed E-state index contributed by atoms with van der Waals surface area (Å²) in [6.07, 6.45) is 2.03. The molecule has 0 unspecified atom stereocenters. The van der Waals surface area contributed by atoms with Gasteiger partial charge in [0, 0.05) is 11.6 Å². The van der Waals surface area contributed by atoms with Crippen molar-refractivity contribution in [1.29, 1.82) is 0 Å². The molecule has 0 radical (unpaired) electrons. The lowest BCUT2D eigenvalue weighted by Gasteiger charge is -2.27. The van der Waals surface area contributed by atoms with Crippen LogP contribution in [0.1, 0.15) is 60.7 Å². The molecule has 1 aliphatic heterocycles. The summed E-state index contributed by atoms with van der Waals surface area (Å²) in [5, 5.41) is 41.0. The van der Waals surface area contributed by atoms with Gasteiger partial charge >= 0.3 is 0 Å². The second-order valence-corrected chi connectivity index (χ2v) is 8.42. The topological polar surface area (TPSA) is 116 Å². The molecule has 4 N–H and O–H groups in total. The third kappa shape index (κ3) is 5.31. The molecule has 0 bridgehead atoms. The number of aliphatic hydroxyl groups is 1. The zero-order valence-electron chi connectivity index (χ0n) is 19.1. The lowest BCUT2D eigenvalue weighted by Crippen LogP contribution is -2.21. The Hall–Kier alpha value is -3.45. The molecule has 3 rings (SSSR count). The van der Waals surface area contributed by atoms with Gasteiger partial charge in [-0.05, 0) is 50.8 Å². The number of allylic oxidation sites excluding steroid dienone is 2. The van der Waals surface area contributed by atoms with Crippen LogP contribution in [0, 0.1) is 0 Å². The van der Waals surface area contributed by atoms with Crippen molar-refractivity contribution in [2.24, 2.45) is 0 Å². The van der Waals surface area contributed by atoms with Crippen LogP contribution in [0.3, 0.4) is 0 Å². The Morgan fingerprint density at radius 2 is 1.97 bits per heavy atom. The predicted molar refractivity (Wildman–Crippen MR) is 124 cm³/mol. The Labute approximate surface area is 193 Å². The fourth-order valence-corrected chi connectivity index (χ4v) is 3.77. The summed E-state index contributed by atoms with van der Waals surface area (Å²) in [7, 11) is 1.43. The van der Waals surface area contributed by atoms with Gasteiger partial charge in [-0.25, -0.2) is 0 Å². The number of rotatable bonds is 8. The van der Waals surface area contributed by atoms with Crippen LogP contribution in [-0.4, -0.2) is 39.4 Å². The average molecular weight is 455 g/mol. The lowest BCUT2D eigenvalue weighted by atomic mass is 9.92. The van der Waals surface area contributed by atoms with Gasteiger partial charge in [-0.1, -0.05) is 29.9 Å². The van der Waals surface area contributed by atoms with E-state index in [0.29, 0.717) is 24.0 Å². The fraction of sp³-hybridized carbons (Fsp3) is 0.346. The van der Waals surface area contributed by atoms with E-state index in [1.165, 1.54) is 19.2 Å². The highest BCUT2D eigenvalue weighted by Gasteiger charge is 2.33. The number of aliphatic hydroxyl groups excluding tert-OH is 1. The summed E-state index contributed by atoms with van der Waals surface area (Å²) in [6.45, 7) is 7.42. The Morgan fingerprint density at radius 1 is 1.24 bits per heavy atom. The van der Waals surface area contributed by atoms with Crippen LogP contribution < -0.4 is 9.47 Å². The van der Waals surface area contributed by atoms with Crippen molar-refractivity contribution in [3.63, 3.8) is 0 Å². The molecule has 1 heterocycles. The van der Waals surface area contributed by atoms with Crippen molar-refractivity contribution >= 4 is 5.78 Å². The molecule has 7 nitrogen and oxygen atoms in total. The second-order valence-electron chi connectivity index (χ2n) is 8.42. The summed E-state index contributed by atoms with van der Waals surface area (Å²) in [5.41, 5.74) is 2.61. The van der Waals surface area contributed by atoms with Gasteiger partial charge in [-0.2, -0.15) is 0 Å². The maximum Gasteiger partial charge on any atom is 0.174 e. The molecule has 0 aromatic heterocycles. The lowest BCUT2D eigenvalue weighted by molar-refractivity contribution is 0.0844. The number of benzene rings is 2. The molecule has 0 aliphatic carbocycles. The third-order valence-corrected chi connectivity index (χ3v) is 5.88. The van der Waals surface area contributed by atoms with Gasteiger partial charge in [-0.15, -0.1) is 0 Å². The zero-order chi connectivity index (χ0) is 24.3. The quantitative estimate of drug-likeness (QED) is 0.426. The number of ketones is 1. The molecule has 1 aliphatic rings. The number of methoxy groups -OCH3 is 1. The summed E-state index contributed by atoms with van der Waals surface area (Å²) < 4.78 is 11.0. The van der Waals surface area contributed by atoms with Crippen LogP contribution in [0.5, 0.6) is 28.7 Å². The first kappa shape index (κ1) is 24.2. The molecule has 0 saturated carbocycles. The molecule has 33 heavy (non-hydrogen) atoms. The molecule has 0 fully saturated rings. The van der Waals surface area contributed by atoms with E-state index in [2.05, 4.69) is 6.58 Å². The number of phenols is 3. The van der Waals surface area contributed by atoms with Gasteiger partial charge < -0.3 is 29.9 Å². The van der Waals surface area contributed by atoms with Crippen molar-refractivity contribution in [2.75, 3.05) is 7.11 Å². The van der Waals surface area contributed by atoms with Gasteiger partial charge in [0.25, 0.3) is 0 Å². The number of ether oxygens (including phenoxy) is 2. The molecule has 176 valence electrons. The Bertz CT molecular complexity index is 1100. The van der Waals surface area contributed by atoms with E-state index in [1.807, 2.05) is 13.0 Å². The summed E-state index contributed by atoms with van der Waals surface area (Å²) in [6, 6.07) is 6.03. The summed E-state index contributed by atoms with van der Waals surface area (Å²) >= 11 is 0. The van der Waals surface area contributed by atoms with Crippen molar-refractivity contribution in [2.45, 2.75) is 51.7 Å². The fourth-order valence-electron chi connectivity index (χ4n) is 3.77. The van der Waals surface area contributed by atoms with Gasteiger partial charge in [0.05, 0.1) is 19.6 Å². The van der Waals surface area contributed by atoms with Gasteiger partial charge in [0.1, 0.15) is 28.9 Å². The first-order valence-electron chi connectivity index (χ1n) is 10.8. The Kier molecular flexibility index (Phi) is 7.33. The first-order chi connectivity index (χ1) is 15.6. The Morgan fingerprint density at radius 3 is 2.64 bits per heavy atom. The smallest absolute Gasteiger partial charge is 0.174 e. The molecule has 7 heteroatoms. The minimum absolute atomic E-state index is 0.00757. The van der Waals surface area contributed by atoms with E-state index < -0.39 is 12.2 Å². The highest BCUT2D eigenvalue weighted by Crippen LogP contribution is 2.45. The zero-order valence-corrected chi connectivity index (χ0v) is 19.1. The number of hydrogen-bond donors (Lipinski definition) is 4. The number of carbonyl (C=O) groups is 1. The largest absolute Gasteiger partial charge is 0.507 e. The average Bonchev–Trinajstić information content (AvgIpc) is 2.76. The summed E-state index contributed by atoms with van der Waals surface area (Å²) in [4.78, 5) is 12.9. The first-order valence-corrected chi connectivity index (χ1v) is 10.8. The van der Waals surface area contributed by atoms with Crippen LogP contribution in [0.25, 0.3) is 0 Å². The van der Waals surface area contributed by atoms with Crippen LogP contribution in [-0.2, 0) is 6.42 Å². The minimum atomic E-state index is -0.647. The predicted octanol–water partition coefficient (Wildman–Crippen LogP) is 4.72. The van der Waals surface area contributed by atoms with Crippen molar-refractivity contribution in [1.82, 2.24) is 0 Å². The van der Waals surface area contributed by atoms with Crippen LogP contribution in [0.2, 0.25) is 0 Å². The molecule has 0 saturated heterocycles. The Balaban J connectivity index is 1.82. The van der Waals surface area contributed by atoms with Crippen molar-refractivity contribution < 1.29 is 34.7 Å². The molecule has 0 amide bonds. The van der Waals surface area contributed by atoms with Crippen LogP contribution in [0.4, 0.5) is 0 Å². The van der Waals surface area contributed by atoms with Crippen LogP contribution in [0.15, 0.2) is 48.1 Å². The SMILES string of the molecule is C=C(C)[C@H](O)CC/C(C)=C/Cc1c(O)cc2c(c1O)C(=O)C[C@@H](c1ccc(O)c(OC)c1)O2. The molecule has 0 spiro atoms. The monoisotopic (exact) mass is 454 g/mol. The van der Waals surface area contributed by atoms with E-state index in [-0.39, 0.29) is 58.5 Å². The molecule has 2 aromatic rings. The number of phenolic OH excluding ortho intramolecular Hbond substituents is 3. The van der Waals surface area contributed by atoms with E-state index >= 15 is 0 Å². The molecular formula is C26H30O7. The maximum absolute atomic E-state index is 12.9. The van der Waals surface area contributed by atoms with Crippen molar-refractivity contribution in [3.05, 3.63) is 64.8 Å². The van der Waals surface area contributed by atoms with Gasteiger partial charge in [0.2, 0.25) is 0 Å². The molecule has 2 aromatic carbocycles. The number of Topliss-reactive ketones (excluding diaryl/α,β-unsaturated/α-hetero) is 1. The third-order valence-electron chi connectivity index (χ3n) is 5.88. The highest BCUT2D eigenvalue weighted by atomic mass is 16.5. The van der Waals surface area contributed by atoms with E-state index in [0.717, 1.165) is 5.57 Å². The molecular weight excluding hydrogens is 424 g/mol. The van der Waals surface area contributed by atoms with Crippen molar-refractivity contribution in [3.8, 4) is 28.7 Å². The van der Waals surface area contributed by atoms with Gasteiger partial charge in [0.15, 0.2) is 17.3 Å².